The average Bonchev–Trinajstić information content (AvgIpc) is 3.30. The van der Waals surface area contributed by atoms with E-state index in [0.717, 1.165) is 17.4 Å². The Balaban J connectivity index is 1.41. The van der Waals surface area contributed by atoms with Crippen LogP contribution < -0.4 is 5.32 Å². The zero-order chi connectivity index (χ0) is 13.9. The molecule has 4 heteroatoms. The molecule has 3 rings (SSSR count). The number of halogens is 1. The van der Waals surface area contributed by atoms with E-state index in [2.05, 4.69) is 5.32 Å². The van der Waals surface area contributed by atoms with E-state index in [1.165, 1.54) is 25.7 Å². The third kappa shape index (κ3) is 3.74. The topological polar surface area (TPSA) is 38.3 Å². The summed E-state index contributed by atoms with van der Waals surface area (Å²) in [6.07, 6.45) is 5.06. The molecule has 0 heterocycles. The fourth-order valence-electron chi connectivity index (χ4n) is 2.63. The van der Waals surface area contributed by atoms with Crippen LogP contribution in [0.25, 0.3) is 0 Å². The highest BCUT2D eigenvalue weighted by Crippen LogP contribution is 2.44. The highest BCUT2D eigenvalue weighted by molar-refractivity contribution is 6.31. The molecule has 1 N–H and O–H groups in total. The van der Waals surface area contributed by atoms with E-state index in [1.54, 1.807) is 0 Å². The van der Waals surface area contributed by atoms with Gasteiger partial charge in [-0.15, -0.1) is 0 Å². The first-order valence-corrected chi connectivity index (χ1v) is 7.72. The van der Waals surface area contributed by atoms with Gasteiger partial charge in [-0.25, -0.2) is 0 Å². The third-order valence-electron chi connectivity index (χ3n) is 4.04. The molecule has 2 saturated carbocycles. The lowest BCUT2D eigenvalue weighted by Gasteiger charge is -2.17. The van der Waals surface area contributed by atoms with Gasteiger partial charge in [0, 0.05) is 11.1 Å². The van der Waals surface area contributed by atoms with Crippen LogP contribution >= 0.6 is 11.6 Å². The van der Waals surface area contributed by atoms with Crippen LogP contribution in [0.1, 0.15) is 31.2 Å². The number of hydrogen-bond acceptors (Lipinski definition) is 2. The minimum absolute atomic E-state index is 0.000790. The molecule has 0 bridgehead atoms. The van der Waals surface area contributed by atoms with Gasteiger partial charge in [0.2, 0.25) is 5.91 Å². The molecule has 1 aromatic carbocycles. The molecule has 0 saturated heterocycles. The lowest BCUT2D eigenvalue weighted by Crippen LogP contribution is -2.40. The largest absolute Gasteiger partial charge is 0.367 e. The number of nitrogens with one attached hydrogen (secondary N) is 1. The molecule has 0 aliphatic heterocycles. The van der Waals surface area contributed by atoms with Crippen molar-refractivity contribution in [3.8, 4) is 0 Å². The van der Waals surface area contributed by atoms with Gasteiger partial charge in [0.25, 0.3) is 0 Å². The maximum atomic E-state index is 11.9. The molecule has 1 amide bonds. The molecule has 0 spiro atoms. The minimum atomic E-state index is 0.000790. The van der Waals surface area contributed by atoms with Crippen molar-refractivity contribution in [3.05, 3.63) is 34.9 Å². The van der Waals surface area contributed by atoms with Crippen LogP contribution in [0.5, 0.6) is 0 Å². The van der Waals surface area contributed by atoms with Gasteiger partial charge in [-0.3, -0.25) is 4.79 Å². The van der Waals surface area contributed by atoms with Crippen molar-refractivity contribution in [2.75, 3.05) is 6.61 Å². The summed E-state index contributed by atoms with van der Waals surface area (Å²) in [6.45, 7) is 0.492. The lowest BCUT2D eigenvalue weighted by molar-refractivity contribution is -0.127. The summed E-state index contributed by atoms with van der Waals surface area (Å²) in [7, 11) is 0. The van der Waals surface area contributed by atoms with Gasteiger partial charge in [0.1, 0.15) is 6.61 Å². The number of rotatable bonds is 7. The molecule has 0 atom stereocenters. The van der Waals surface area contributed by atoms with Crippen molar-refractivity contribution in [1.82, 2.24) is 5.32 Å². The zero-order valence-corrected chi connectivity index (χ0v) is 12.2. The second-order valence-electron chi connectivity index (χ2n) is 5.85. The maximum Gasteiger partial charge on any atom is 0.246 e. The number of benzene rings is 1. The van der Waals surface area contributed by atoms with Crippen molar-refractivity contribution < 1.29 is 9.53 Å². The molecule has 0 aromatic heterocycles. The highest BCUT2D eigenvalue weighted by atomic mass is 35.5. The van der Waals surface area contributed by atoms with Gasteiger partial charge in [-0.2, -0.15) is 0 Å². The smallest absolute Gasteiger partial charge is 0.246 e. The van der Waals surface area contributed by atoms with Gasteiger partial charge in [0.15, 0.2) is 0 Å². The zero-order valence-electron chi connectivity index (χ0n) is 11.5. The van der Waals surface area contributed by atoms with E-state index in [0.29, 0.717) is 17.7 Å². The summed E-state index contributed by atoms with van der Waals surface area (Å²) in [5.74, 6) is 1.44. The molecule has 2 aliphatic rings. The van der Waals surface area contributed by atoms with E-state index in [1.807, 2.05) is 24.3 Å². The summed E-state index contributed by atoms with van der Waals surface area (Å²) in [4.78, 5) is 11.9. The average molecular weight is 294 g/mol. The molecule has 1 aromatic rings. The van der Waals surface area contributed by atoms with Gasteiger partial charge in [0.05, 0.1) is 6.61 Å². The van der Waals surface area contributed by atoms with Crippen LogP contribution in [0.2, 0.25) is 5.02 Å². The van der Waals surface area contributed by atoms with Crippen LogP contribution in [0.3, 0.4) is 0 Å². The molecule has 2 aliphatic carbocycles. The highest BCUT2D eigenvalue weighted by Gasteiger charge is 2.42. The maximum absolute atomic E-state index is 11.9. The van der Waals surface area contributed by atoms with Crippen LogP contribution in [-0.4, -0.2) is 18.6 Å². The van der Waals surface area contributed by atoms with Crippen molar-refractivity contribution in [2.45, 2.75) is 38.3 Å². The van der Waals surface area contributed by atoms with E-state index in [4.69, 9.17) is 16.3 Å². The van der Waals surface area contributed by atoms with Crippen LogP contribution in [-0.2, 0) is 16.1 Å². The van der Waals surface area contributed by atoms with E-state index in [-0.39, 0.29) is 12.5 Å². The Morgan fingerprint density at radius 1 is 1.25 bits per heavy atom. The van der Waals surface area contributed by atoms with Crippen molar-refractivity contribution >= 4 is 17.5 Å². The summed E-state index contributed by atoms with van der Waals surface area (Å²) < 4.78 is 5.47. The van der Waals surface area contributed by atoms with Crippen LogP contribution in [0, 0.1) is 11.8 Å². The SMILES string of the molecule is O=C(COCc1ccccc1Cl)NC(C1CC1)C1CC1. The molecule has 0 unspecified atom stereocenters. The van der Waals surface area contributed by atoms with Crippen molar-refractivity contribution in [3.63, 3.8) is 0 Å². The van der Waals surface area contributed by atoms with Crippen molar-refractivity contribution in [1.29, 1.82) is 0 Å². The molecular weight excluding hydrogens is 274 g/mol. The Morgan fingerprint density at radius 2 is 1.90 bits per heavy atom. The number of amides is 1. The van der Waals surface area contributed by atoms with Gasteiger partial charge in [-0.1, -0.05) is 29.8 Å². The summed E-state index contributed by atoms with van der Waals surface area (Å²) in [5, 5.41) is 3.83. The van der Waals surface area contributed by atoms with E-state index >= 15 is 0 Å². The summed E-state index contributed by atoms with van der Waals surface area (Å²) in [5.41, 5.74) is 0.919. The second-order valence-corrected chi connectivity index (χ2v) is 6.26. The molecule has 108 valence electrons. The van der Waals surface area contributed by atoms with Crippen molar-refractivity contribution in [2.24, 2.45) is 11.8 Å². The number of hydrogen-bond donors (Lipinski definition) is 1. The first-order valence-electron chi connectivity index (χ1n) is 7.34. The number of ether oxygens (including phenoxy) is 1. The normalized spacial score (nSPS) is 18.3. The van der Waals surface area contributed by atoms with E-state index in [9.17, 15) is 4.79 Å². The Hall–Kier alpha value is -1.06. The molecular formula is C16H20ClNO2. The fraction of sp³-hybridized carbons (Fsp3) is 0.562. The first-order chi connectivity index (χ1) is 9.74. The van der Waals surface area contributed by atoms with E-state index < -0.39 is 0 Å². The fourth-order valence-corrected chi connectivity index (χ4v) is 2.82. The number of carbonyl (C=O) groups is 1. The number of carbonyl (C=O) groups excluding carboxylic acids is 1. The lowest BCUT2D eigenvalue weighted by atomic mass is 10.1. The Morgan fingerprint density at radius 3 is 2.50 bits per heavy atom. The molecule has 2 fully saturated rings. The van der Waals surface area contributed by atoms with Crippen LogP contribution in [0.15, 0.2) is 24.3 Å². The predicted molar refractivity (Wildman–Crippen MR) is 78.5 cm³/mol. The Bertz CT molecular complexity index is 471. The van der Waals surface area contributed by atoms with Crippen LogP contribution in [0.4, 0.5) is 0 Å². The molecule has 20 heavy (non-hydrogen) atoms. The standard InChI is InChI=1S/C16H20ClNO2/c17-14-4-2-1-3-13(14)9-20-10-15(19)18-16(11-5-6-11)12-7-8-12/h1-4,11-12,16H,5-10H2,(H,18,19). The Labute approximate surface area is 124 Å². The molecule has 0 radical (unpaired) electrons. The third-order valence-corrected chi connectivity index (χ3v) is 4.40. The van der Waals surface area contributed by atoms with Gasteiger partial charge >= 0.3 is 0 Å². The summed E-state index contributed by atoms with van der Waals surface area (Å²) >= 11 is 6.04. The van der Waals surface area contributed by atoms with Gasteiger partial charge in [-0.05, 0) is 49.1 Å². The summed E-state index contributed by atoms with van der Waals surface area (Å²) in [6, 6.07) is 7.94. The predicted octanol–water partition coefficient (Wildman–Crippen LogP) is 3.16. The molecule has 3 nitrogen and oxygen atoms in total. The quantitative estimate of drug-likeness (QED) is 0.838. The first kappa shape index (κ1) is 13.9. The minimum Gasteiger partial charge on any atom is -0.367 e. The monoisotopic (exact) mass is 293 g/mol. The van der Waals surface area contributed by atoms with Gasteiger partial charge < -0.3 is 10.1 Å². The Kier molecular flexibility index (Phi) is 4.27. The second kappa shape index (κ2) is 6.15.